The number of nitrogens with one attached hydrogen (secondary N) is 2. The zero-order valence-electron chi connectivity index (χ0n) is 13.5. The maximum absolute atomic E-state index is 12.5. The number of aromatic amines is 1. The summed E-state index contributed by atoms with van der Waals surface area (Å²) in [5.41, 5.74) is 1.78. The summed E-state index contributed by atoms with van der Waals surface area (Å²) < 4.78 is 5.58. The number of hydrogen-bond acceptors (Lipinski definition) is 3. The van der Waals surface area contributed by atoms with Crippen LogP contribution in [0.4, 0.5) is 0 Å². The van der Waals surface area contributed by atoms with E-state index in [1.165, 1.54) is 6.92 Å². The highest BCUT2D eigenvalue weighted by atomic mass is 16.5. The average Bonchev–Trinajstić information content (AvgIpc) is 2.92. The molecular formula is C16H25N3O3. The van der Waals surface area contributed by atoms with Crippen LogP contribution >= 0.6 is 0 Å². The smallest absolute Gasteiger partial charge is 0.270 e. The first-order valence-corrected chi connectivity index (χ1v) is 7.78. The molecule has 2 amide bonds. The SMILES string of the molecule is CC(=O)NCC1CN(C(=O)c2cc(CC(C)C)c[nH]2)CCO1. The van der Waals surface area contributed by atoms with Gasteiger partial charge >= 0.3 is 0 Å². The number of hydrogen-bond donors (Lipinski definition) is 2. The number of carbonyl (C=O) groups is 2. The minimum Gasteiger partial charge on any atom is -0.373 e. The molecular weight excluding hydrogens is 282 g/mol. The highest BCUT2D eigenvalue weighted by molar-refractivity contribution is 5.92. The molecule has 1 aromatic rings. The minimum atomic E-state index is -0.147. The number of rotatable bonds is 5. The van der Waals surface area contributed by atoms with Crippen LogP contribution in [-0.4, -0.2) is 54.0 Å². The van der Waals surface area contributed by atoms with Crippen LogP contribution in [0.25, 0.3) is 0 Å². The molecule has 0 aromatic carbocycles. The standard InChI is InChI=1S/C16H25N3O3/c1-11(2)6-13-7-15(18-8-13)16(21)19-4-5-22-14(10-19)9-17-12(3)20/h7-8,11,14,18H,4-6,9-10H2,1-3H3,(H,17,20). The number of ether oxygens (including phenoxy) is 1. The first-order chi connectivity index (χ1) is 10.5. The number of nitrogens with zero attached hydrogens (tertiary/aromatic N) is 1. The van der Waals surface area contributed by atoms with Gasteiger partial charge in [0.05, 0.1) is 12.7 Å². The van der Waals surface area contributed by atoms with E-state index in [2.05, 4.69) is 24.1 Å². The summed E-state index contributed by atoms with van der Waals surface area (Å²) in [5, 5.41) is 2.73. The third-order valence-electron chi connectivity index (χ3n) is 3.62. The molecule has 6 nitrogen and oxygen atoms in total. The third-order valence-corrected chi connectivity index (χ3v) is 3.62. The molecule has 1 aromatic heterocycles. The van der Waals surface area contributed by atoms with Crippen molar-refractivity contribution < 1.29 is 14.3 Å². The van der Waals surface area contributed by atoms with Gasteiger partial charge < -0.3 is 19.9 Å². The molecule has 22 heavy (non-hydrogen) atoms. The summed E-state index contributed by atoms with van der Waals surface area (Å²) in [7, 11) is 0. The van der Waals surface area contributed by atoms with E-state index in [4.69, 9.17) is 4.74 Å². The summed E-state index contributed by atoms with van der Waals surface area (Å²) in [4.78, 5) is 28.3. The molecule has 2 rings (SSSR count). The molecule has 0 bridgehead atoms. The number of aromatic nitrogens is 1. The fourth-order valence-electron chi connectivity index (χ4n) is 2.61. The summed E-state index contributed by atoms with van der Waals surface area (Å²) in [6, 6.07) is 1.93. The average molecular weight is 307 g/mol. The van der Waals surface area contributed by atoms with E-state index >= 15 is 0 Å². The molecule has 1 aliphatic heterocycles. The van der Waals surface area contributed by atoms with Gasteiger partial charge in [-0.25, -0.2) is 0 Å². The van der Waals surface area contributed by atoms with E-state index in [0.717, 1.165) is 12.0 Å². The fourth-order valence-corrected chi connectivity index (χ4v) is 2.61. The Kier molecular flexibility index (Phi) is 5.60. The fraction of sp³-hybridized carbons (Fsp3) is 0.625. The van der Waals surface area contributed by atoms with Crippen LogP contribution < -0.4 is 5.32 Å². The van der Waals surface area contributed by atoms with Crippen LogP contribution in [0.5, 0.6) is 0 Å². The van der Waals surface area contributed by atoms with Crippen molar-refractivity contribution in [3.05, 3.63) is 23.5 Å². The van der Waals surface area contributed by atoms with Gasteiger partial charge in [0.2, 0.25) is 5.91 Å². The van der Waals surface area contributed by atoms with Gasteiger partial charge in [-0.2, -0.15) is 0 Å². The number of H-pyrrole nitrogens is 1. The van der Waals surface area contributed by atoms with Gasteiger partial charge in [0, 0.05) is 32.8 Å². The third kappa shape index (κ3) is 4.59. The van der Waals surface area contributed by atoms with Gasteiger partial charge in [0.1, 0.15) is 5.69 Å². The molecule has 1 fully saturated rings. The molecule has 122 valence electrons. The Labute approximate surface area is 131 Å². The van der Waals surface area contributed by atoms with E-state index < -0.39 is 0 Å². The second-order valence-corrected chi connectivity index (χ2v) is 6.20. The van der Waals surface area contributed by atoms with Crippen molar-refractivity contribution in [2.24, 2.45) is 5.92 Å². The molecule has 1 saturated heterocycles. The Morgan fingerprint density at radius 1 is 1.50 bits per heavy atom. The summed E-state index contributed by atoms with van der Waals surface area (Å²) in [6.45, 7) is 7.79. The Morgan fingerprint density at radius 3 is 2.95 bits per heavy atom. The highest BCUT2D eigenvalue weighted by Crippen LogP contribution is 2.13. The van der Waals surface area contributed by atoms with Crippen molar-refractivity contribution in [2.45, 2.75) is 33.3 Å². The van der Waals surface area contributed by atoms with E-state index in [1.807, 2.05) is 12.3 Å². The Hall–Kier alpha value is -1.82. The van der Waals surface area contributed by atoms with Gasteiger partial charge in [-0.1, -0.05) is 13.8 Å². The lowest BCUT2D eigenvalue weighted by Crippen LogP contribution is -2.49. The zero-order chi connectivity index (χ0) is 16.1. The van der Waals surface area contributed by atoms with Crippen LogP contribution in [-0.2, 0) is 16.0 Å². The molecule has 1 unspecified atom stereocenters. The predicted octanol–water partition coefficient (Wildman–Crippen LogP) is 1.19. The van der Waals surface area contributed by atoms with Crippen molar-refractivity contribution in [3.8, 4) is 0 Å². The number of morpholine rings is 1. The maximum Gasteiger partial charge on any atom is 0.270 e. The largest absolute Gasteiger partial charge is 0.373 e. The van der Waals surface area contributed by atoms with Crippen LogP contribution in [0.3, 0.4) is 0 Å². The Morgan fingerprint density at radius 2 is 2.27 bits per heavy atom. The van der Waals surface area contributed by atoms with E-state index in [0.29, 0.717) is 37.9 Å². The van der Waals surface area contributed by atoms with Gasteiger partial charge in [-0.3, -0.25) is 9.59 Å². The van der Waals surface area contributed by atoms with E-state index in [1.54, 1.807) is 4.90 Å². The van der Waals surface area contributed by atoms with Gasteiger partial charge in [0.15, 0.2) is 0 Å². The van der Waals surface area contributed by atoms with Gasteiger partial charge in [-0.15, -0.1) is 0 Å². The molecule has 1 atom stereocenters. The van der Waals surface area contributed by atoms with Crippen LogP contribution in [0.1, 0.15) is 36.8 Å². The lowest BCUT2D eigenvalue weighted by Gasteiger charge is -2.32. The quantitative estimate of drug-likeness (QED) is 0.858. The lowest BCUT2D eigenvalue weighted by atomic mass is 10.1. The van der Waals surface area contributed by atoms with Crippen molar-refractivity contribution >= 4 is 11.8 Å². The summed E-state index contributed by atoms with van der Waals surface area (Å²) in [6.07, 6.45) is 2.72. The number of carbonyl (C=O) groups excluding carboxylic acids is 2. The molecule has 0 saturated carbocycles. The minimum absolute atomic E-state index is 0.00821. The van der Waals surface area contributed by atoms with Crippen LogP contribution in [0, 0.1) is 5.92 Å². The van der Waals surface area contributed by atoms with Crippen molar-refractivity contribution in [2.75, 3.05) is 26.2 Å². The first kappa shape index (κ1) is 16.5. The molecule has 0 radical (unpaired) electrons. The first-order valence-electron chi connectivity index (χ1n) is 7.78. The predicted molar refractivity (Wildman–Crippen MR) is 83.7 cm³/mol. The normalized spacial score (nSPS) is 18.5. The molecule has 6 heteroatoms. The molecule has 1 aliphatic rings. The van der Waals surface area contributed by atoms with Crippen molar-refractivity contribution in [1.29, 1.82) is 0 Å². The van der Waals surface area contributed by atoms with Gasteiger partial charge in [-0.05, 0) is 24.0 Å². The lowest BCUT2D eigenvalue weighted by molar-refractivity contribution is -0.120. The van der Waals surface area contributed by atoms with E-state index in [-0.39, 0.29) is 17.9 Å². The number of amides is 2. The summed E-state index contributed by atoms with van der Waals surface area (Å²) in [5.74, 6) is 0.463. The maximum atomic E-state index is 12.5. The zero-order valence-corrected chi connectivity index (χ0v) is 13.5. The molecule has 0 spiro atoms. The topological polar surface area (TPSA) is 74.4 Å². The van der Waals surface area contributed by atoms with Crippen molar-refractivity contribution in [3.63, 3.8) is 0 Å². The molecule has 2 N–H and O–H groups in total. The molecule has 2 heterocycles. The molecule has 0 aliphatic carbocycles. The van der Waals surface area contributed by atoms with E-state index in [9.17, 15) is 9.59 Å². The van der Waals surface area contributed by atoms with Gasteiger partial charge in [0.25, 0.3) is 5.91 Å². The monoisotopic (exact) mass is 307 g/mol. The summed E-state index contributed by atoms with van der Waals surface area (Å²) >= 11 is 0. The van der Waals surface area contributed by atoms with Crippen LogP contribution in [0.2, 0.25) is 0 Å². The Balaban J connectivity index is 1.93. The highest BCUT2D eigenvalue weighted by Gasteiger charge is 2.25. The second kappa shape index (κ2) is 7.45. The van der Waals surface area contributed by atoms with Crippen LogP contribution in [0.15, 0.2) is 12.3 Å². The van der Waals surface area contributed by atoms with Crippen molar-refractivity contribution in [1.82, 2.24) is 15.2 Å². The Bertz CT molecular complexity index is 524. The second-order valence-electron chi connectivity index (χ2n) is 6.20.